The molecule has 1 fully saturated rings. The van der Waals surface area contributed by atoms with Gasteiger partial charge in [-0.25, -0.2) is 0 Å². The van der Waals surface area contributed by atoms with E-state index in [4.69, 9.17) is 0 Å². The van der Waals surface area contributed by atoms with Crippen LogP contribution in [0.3, 0.4) is 0 Å². The lowest BCUT2D eigenvalue weighted by Gasteiger charge is -2.22. The van der Waals surface area contributed by atoms with Gasteiger partial charge in [-0.1, -0.05) is 6.07 Å². The molecule has 3 heteroatoms. The second kappa shape index (κ2) is 4.77. The van der Waals surface area contributed by atoms with Crippen molar-refractivity contribution in [3.8, 4) is 6.07 Å². The molecule has 0 aliphatic carbocycles. The standard InChI is InChI=1S/C14H19N3/c1-11-4-5-14(12(8-11)9-15)17-7-6-13(10-17)16(2)3/h4-5,8,13H,6-7,10H2,1-3H3. The molecule has 3 nitrogen and oxygen atoms in total. The number of benzene rings is 1. The lowest BCUT2D eigenvalue weighted by Crippen LogP contribution is -2.31. The van der Waals surface area contributed by atoms with Crippen molar-refractivity contribution in [1.82, 2.24) is 4.90 Å². The Bertz CT molecular complexity index is 445. The van der Waals surface area contributed by atoms with Crippen molar-refractivity contribution in [1.29, 1.82) is 5.26 Å². The van der Waals surface area contributed by atoms with Crippen LogP contribution in [0.25, 0.3) is 0 Å². The highest BCUT2D eigenvalue weighted by Gasteiger charge is 2.25. The number of anilines is 1. The predicted octanol–water partition coefficient (Wildman–Crippen LogP) is 2.01. The molecule has 0 saturated carbocycles. The van der Waals surface area contributed by atoms with Crippen LogP contribution in [0.4, 0.5) is 5.69 Å². The summed E-state index contributed by atoms with van der Waals surface area (Å²) in [6, 6.07) is 9.03. The molecule has 1 atom stereocenters. The van der Waals surface area contributed by atoms with Crippen LogP contribution in [0.1, 0.15) is 17.5 Å². The van der Waals surface area contributed by atoms with E-state index in [-0.39, 0.29) is 0 Å². The number of likely N-dealkylation sites (N-methyl/N-ethyl adjacent to an activating group) is 1. The molecule has 0 radical (unpaired) electrons. The Labute approximate surface area is 103 Å². The average molecular weight is 229 g/mol. The molecule has 1 saturated heterocycles. The lowest BCUT2D eigenvalue weighted by atomic mass is 10.1. The van der Waals surface area contributed by atoms with Gasteiger partial charge in [0.2, 0.25) is 0 Å². The summed E-state index contributed by atoms with van der Waals surface area (Å²) in [6.07, 6.45) is 1.17. The first-order valence-electron chi connectivity index (χ1n) is 6.04. The Balaban J connectivity index is 2.22. The maximum atomic E-state index is 9.19. The smallest absolute Gasteiger partial charge is 0.101 e. The molecule has 2 rings (SSSR count). The topological polar surface area (TPSA) is 30.3 Å². The second-order valence-corrected chi connectivity index (χ2v) is 4.98. The fourth-order valence-corrected chi connectivity index (χ4v) is 2.40. The minimum absolute atomic E-state index is 0.600. The van der Waals surface area contributed by atoms with Crippen molar-refractivity contribution in [3.05, 3.63) is 29.3 Å². The van der Waals surface area contributed by atoms with Gasteiger partial charge in [0, 0.05) is 19.1 Å². The van der Waals surface area contributed by atoms with Crippen LogP contribution in [0.5, 0.6) is 0 Å². The molecule has 0 aromatic heterocycles. The van der Waals surface area contributed by atoms with Crippen LogP contribution in [-0.4, -0.2) is 38.1 Å². The van der Waals surface area contributed by atoms with E-state index in [2.05, 4.69) is 42.1 Å². The number of nitrogens with zero attached hydrogens (tertiary/aromatic N) is 3. The zero-order valence-electron chi connectivity index (χ0n) is 10.8. The van der Waals surface area contributed by atoms with Gasteiger partial charge in [-0.15, -0.1) is 0 Å². The van der Waals surface area contributed by atoms with E-state index in [9.17, 15) is 5.26 Å². The molecule has 17 heavy (non-hydrogen) atoms. The first-order valence-corrected chi connectivity index (χ1v) is 6.04. The highest BCUT2D eigenvalue weighted by atomic mass is 15.2. The summed E-state index contributed by atoms with van der Waals surface area (Å²) in [4.78, 5) is 4.59. The molecule has 0 N–H and O–H groups in total. The van der Waals surface area contributed by atoms with Crippen molar-refractivity contribution < 1.29 is 0 Å². The van der Waals surface area contributed by atoms with Gasteiger partial charge in [0.05, 0.1) is 11.3 Å². The number of hydrogen-bond acceptors (Lipinski definition) is 3. The Kier molecular flexibility index (Phi) is 3.35. The van der Waals surface area contributed by atoms with E-state index < -0.39 is 0 Å². The molecule has 1 aliphatic heterocycles. The Morgan fingerprint density at radius 1 is 1.41 bits per heavy atom. The fraction of sp³-hybridized carbons (Fsp3) is 0.500. The molecule has 0 spiro atoms. The Morgan fingerprint density at radius 3 is 2.76 bits per heavy atom. The van der Waals surface area contributed by atoms with Crippen LogP contribution in [0.2, 0.25) is 0 Å². The summed E-state index contributed by atoms with van der Waals surface area (Å²) in [5, 5.41) is 9.19. The van der Waals surface area contributed by atoms with Gasteiger partial charge in [0.1, 0.15) is 6.07 Å². The zero-order valence-corrected chi connectivity index (χ0v) is 10.8. The van der Waals surface area contributed by atoms with Crippen LogP contribution >= 0.6 is 0 Å². The molecule has 0 bridgehead atoms. The molecule has 1 aliphatic rings. The van der Waals surface area contributed by atoms with E-state index in [0.29, 0.717) is 6.04 Å². The largest absolute Gasteiger partial charge is 0.369 e. The van der Waals surface area contributed by atoms with Gasteiger partial charge in [0.25, 0.3) is 0 Å². The van der Waals surface area contributed by atoms with Gasteiger partial charge >= 0.3 is 0 Å². The monoisotopic (exact) mass is 229 g/mol. The van der Waals surface area contributed by atoms with Crippen LogP contribution in [0.15, 0.2) is 18.2 Å². The number of hydrogen-bond donors (Lipinski definition) is 0. The lowest BCUT2D eigenvalue weighted by molar-refractivity contribution is 0.315. The maximum Gasteiger partial charge on any atom is 0.101 e. The molecular weight excluding hydrogens is 210 g/mol. The number of rotatable bonds is 2. The quantitative estimate of drug-likeness (QED) is 0.777. The maximum absolute atomic E-state index is 9.19. The summed E-state index contributed by atoms with van der Waals surface area (Å²) >= 11 is 0. The van der Waals surface area contributed by atoms with E-state index in [1.54, 1.807) is 0 Å². The van der Waals surface area contributed by atoms with Crippen molar-refractivity contribution in [2.45, 2.75) is 19.4 Å². The third kappa shape index (κ3) is 2.42. The Morgan fingerprint density at radius 2 is 2.18 bits per heavy atom. The normalized spacial score (nSPS) is 19.7. The van der Waals surface area contributed by atoms with Crippen LogP contribution in [0, 0.1) is 18.3 Å². The van der Waals surface area contributed by atoms with Gasteiger partial charge in [-0.05, 0) is 45.1 Å². The van der Waals surface area contributed by atoms with Gasteiger partial charge in [0.15, 0.2) is 0 Å². The third-order valence-corrected chi connectivity index (χ3v) is 3.51. The summed E-state index contributed by atoms with van der Waals surface area (Å²) < 4.78 is 0. The summed E-state index contributed by atoms with van der Waals surface area (Å²) in [6.45, 7) is 4.09. The fourth-order valence-electron chi connectivity index (χ4n) is 2.40. The van der Waals surface area contributed by atoms with Gasteiger partial charge in [-0.3, -0.25) is 0 Å². The second-order valence-electron chi connectivity index (χ2n) is 4.98. The van der Waals surface area contributed by atoms with E-state index >= 15 is 0 Å². The molecule has 90 valence electrons. The minimum Gasteiger partial charge on any atom is -0.369 e. The first-order chi connectivity index (χ1) is 8.11. The number of aryl methyl sites for hydroxylation is 1. The van der Waals surface area contributed by atoms with E-state index in [1.807, 2.05) is 13.0 Å². The van der Waals surface area contributed by atoms with Crippen LogP contribution < -0.4 is 4.90 Å². The van der Waals surface area contributed by atoms with Crippen molar-refractivity contribution >= 4 is 5.69 Å². The molecule has 1 heterocycles. The van der Waals surface area contributed by atoms with Crippen molar-refractivity contribution in [2.24, 2.45) is 0 Å². The molecule has 1 aromatic carbocycles. The van der Waals surface area contributed by atoms with E-state index in [0.717, 1.165) is 29.9 Å². The van der Waals surface area contributed by atoms with E-state index in [1.165, 1.54) is 6.42 Å². The highest BCUT2D eigenvalue weighted by molar-refractivity contribution is 5.61. The summed E-state index contributed by atoms with van der Waals surface area (Å²) in [7, 11) is 4.24. The molecule has 0 amide bonds. The molecule has 1 aromatic rings. The summed E-state index contributed by atoms with van der Waals surface area (Å²) in [5.41, 5.74) is 3.03. The average Bonchev–Trinajstić information content (AvgIpc) is 2.78. The SMILES string of the molecule is Cc1ccc(N2CCC(N(C)C)C2)c(C#N)c1. The van der Waals surface area contributed by atoms with Crippen molar-refractivity contribution in [3.63, 3.8) is 0 Å². The molecule has 1 unspecified atom stereocenters. The molecular formula is C14H19N3. The van der Waals surface area contributed by atoms with Crippen molar-refractivity contribution in [2.75, 3.05) is 32.1 Å². The highest BCUT2D eigenvalue weighted by Crippen LogP contribution is 2.26. The summed E-state index contributed by atoms with van der Waals surface area (Å²) in [5.74, 6) is 0. The van der Waals surface area contributed by atoms with Gasteiger partial charge < -0.3 is 9.80 Å². The predicted molar refractivity (Wildman–Crippen MR) is 70.2 cm³/mol. The van der Waals surface area contributed by atoms with Crippen LogP contribution in [-0.2, 0) is 0 Å². The zero-order chi connectivity index (χ0) is 12.4. The third-order valence-electron chi connectivity index (χ3n) is 3.51. The first kappa shape index (κ1) is 11.9. The Hall–Kier alpha value is -1.53. The number of nitriles is 1. The van der Waals surface area contributed by atoms with Gasteiger partial charge in [-0.2, -0.15) is 5.26 Å². The minimum atomic E-state index is 0.600.